The van der Waals surface area contributed by atoms with Crippen LogP contribution in [0, 0.1) is 13.8 Å². The molecule has 122 valence electrons. The van der Waals surface area contributed by atoms with Crippen LogP contribution < -0.4 is 10.6 Å². The number of hydrogen-bond acceptors (Lipinski definition) is 5. The second-order valence-electron chi connectivity index (χ2n) is 5.49. The zero-order valence-corrected chi connectivity index (χ0v) is 13.5. The Kier molecular flexibility index (Phi) is 4.56. The van der Waals surface area contributed by atoms with Crippen molar-refractivity contribution >= 4 is 17.4 Å². The summed E-state index contributed by atoms with van der Waals surface area (Å²) in [6.45, 7) is 4.38. The Morgan fingerprint density at radius 3 is 2.79 bits per heavy atom. The number of nitrogens with one attached hydrogen (secondary N) is 2. The van der Waals surface area contributed by atoms with E-state index in [-0.39, 0.29) is 5.91 Å². The molecule has 3 aromatic rings. The molecule has 0 aliphatic carbocycles. The summed E-state index contributed by atoms with van der Waals surface area (Å²) in [7, 11) is 0. The fourth-order valence-electron chi connectivity index (χ4n) is 2.31. The minimum atomic E-state index is -0.280. The second kappa shape index (κ2) is 6.95. The number of amides is 1. The lowest BCUT2D eigenvalue weighted by atomic mass is 10.1. The maximum Gasteiger partial charge on any atom is 0.270 e. The van der Waals surface area contributed by atoms with Crippen LogP contribution in [0.2, 0.25) is 0 Å². The van der Waals surface area contributed by atoms with Crippen LogP contribution in [-0.2, 0) is 6.54 Å². The Labute approximate surface area is 140 Å². The molecule has 24 heavy (non-hydrogen) atoms. The minimum absolute atomic E-state index is 0.280. The van der Waals surface area contributed by atoms with Crippen LogP contribution in [-0.4, -0.2) is 15.9 Å². The molecule has 6 heteroatoms. The summed E-state index contributed by atoms with van der Waals surface area (Å²) in [5.74, 6) is 0.976. The van der Waals surface area contributed by atoms with E-state index in [0.29, 0.717) is 23.8 Å². The molecule has 0 aliphatic heterocycles. The van der Waals surface area contributed by atoms with Gasteiger partial charge >= 0.3 is 0 Å². The van der Waals surface area contributed by atoms with Crippen molar-refractivity contribution in [3.05, 3.63) is 71.6 Å². The lowest BCUT2D eigenvalue weighted by molar-refractivity contribution is 0.0943. The van der Waals surface area contributed by atoms with Gasteiger partial charge in [0.05, 0.1) is 12.8 Å². The number of carbonyl (C=O) groups excluding carboxylic acids is 1. The number of nitrogens with zero attached hydrogens (tertiary/aromatic N) is 2. The number of furan rings is 1. The highest BCUT2D eigenvalue weighted by Crippen LogP contribution is 2.20. The average molecular weight is 322 g/mol. The molecule has 0 fully saturated rings. The lowest BCUT2D eigenvalue weighted by Crippen LogP contribution is -2.23. The van der Waals surface area contributed by atoms with Crippen molar-refractivity contribution in [3.8, 4) is 0 Å². The third kappa shape index (κ3) is 3.78. The third-order valence-corrected chi connectivity index (χ3v) is 3.55. The predicted octanol–water partition coefficient (Wildman–Crippen LogP) is 3.36. The van der Waals surface area contributed by atoms with Crippen molar-refractivity contribution in [1.29, 1.82) is 0 Å². The molecule has 3 rings (SSSR count). The second-order valence-corrected chi connectivity index (χ2v) is 5.49. The van der Waals surface area contributed by atoms with Crippen molar-refractivity contribution in [1.82, 2.24) is 15.3 Å². The number of rotatable bonds is 5. The van der Waals surface area contributed by atoms with Gasteiger partial charge in [0.15, 0.2) is 0 Å². The number of benzene rings is 1. The Hall–Kier alpha value is -3.15. The zero-order valence-electron chi connectivity index (χ0n) is 13.5. The Bertz CT molecular complexity index is 844. The van der Waals surface area contributed by atoms with E-state index in [2.05, 4.69) is 26.7 Å². The predicted molar refractivity (Wildman–Crippen MR) is 91.1 cm³/mol. The third-order valence-electron chi connectivity index (χ3n) is 3.55. The van der Waals surface area contributed by atoms with Gasteiger partial charge in [-0.1, -0.05) is 17.7 Å². The molecule has 2 aromatic heterocycles. The molecule has 0 aliphatic rings. The maximum absolute atomic E-state index is 12.2. The van der Waals surface area contributed by atoms with E-state index in [9.17, 15) is 4.79 Å². The van der Waals surface area contributed by atoms with Gasteiger partial charge in [-0.2, -0.15) is 0 Å². The molecule has 1 aromatic carbocycles. The van der Waals surface area contributed by atoms with Crippen LogP contribution in [0.4, 0.5) is 11.5 Å². The van der Waals surface area contributed by atoms with Crippen LogP contribution in [0.1, 0.15) is 27.4 Å². The molecular weight excluding hydrogens is 304 g/mol. The SMILES string of the molecule is Cc1ccc(Nc2cc(C(=O)NCc3ccco3)ncn2)c(C)c1. The van der Waals surface area contributed by atoms with Gasteiger partial charge in [-0.25, -0.2) is 9.97 Å². The van der Waals surface area contributed by atoms with E-state index >= 15 is 0 Å². The van der Waals surface area contributed by atoms with Gasteiger partial charge < -0.3 is 15.1 Å². The first-order valence-corrected chi connectivity index (χ1v) is 7.59. The van der Waals surface area contributed by atoms with Gasteiger partial charge in [-0.05, 0) is 37.6 Å². The van der Waals surface area contributed by atoms with E-state index in [4.69, 9.17) is 4.42 Å². The van der Waals surface area contributed by atoms with Gasteiger partial charge in [0.2, 0.25) is 0 Å². The van der Waals surface area contributed by atoms with E-state index in [1.165, 1.54) is 11.9 Å². The van der Waals surface area contributed by atoms with Crippen molar-refractivity contribution in [2.24, 2.45) is 0 Å². The van der Waals surface area contributed by atoms with Gasteiger partial charge in [0.25, 0.3) is 5.91 Å². The number of aromatic nitrogens is 2. The van der Waals surface area contributed by atoms with Gasteiger partial charge in [-0.3, -0.25) is 4.79 Å². The number of carbonyl (C=O) groups is 1. The quantitative estimate of drug-likeness (QED) is 0.753. The summed E-state index contributed by atoms with van der Waals surface area (Å²) in [5.41, 5.74) is 3.54. The van der Waals surface area contributed by atoms with E-state index in [0.717, 1.165) is 11.3 Å². The molecule has 0 saturated heterocycles. The van der Waals surface area contributed by atoms with Crippen LogP contribution in [0.15, 0.2) is 53.4 Å². The van der Waals surface area contributed by atoms with Crippen LogP contribution >= 0.6 is 0 Å². The molecule has 2 heterocycles. The smallest absolute Gasteiger partial charge is 0.270 e. The van der Waals surface area contributed by atoms with Gasteiger partial charge in [-0.15, -0.1) is 0 Å². The van der Waals surface area contributed by atoms with Crippen LogP contribution in [0.5, 0.6) is 0 Å². The summed E-state index contributed by atoms with van der Waals surface area (Å²) >= 11 is 0. The van der Waals surface area contributed by atoms with E-state index in [1.54, 1.807) is 24.5 Å². The molecule has 0 saturated carbocycles. The normalized spacial score (nSPS) is 10.4. The van der Waals surface area contributed by atoms with Crippen molar-refractivity contribution in [2.75, 3.05) is 5.32 Å². The summed E-state index contributed by atoms with van der Waals surface area (Å²) in [6, 6.07) is 11.3. The summed E-state index contributed by atoms with van der Waals surface area (Å²) in [6.07, 6.45) is 2.94. The van der Waals surface area contributed by atoms with E-state index < -0.39 is 0 Å². The lowest BCUT2D eigenvalue weighted by Gasteiger charge is -2.10. The zero-order chi connectivity index (χ0) is 16.9. The molecular formula is C18H18N4O2. The average Bonchev–Trinajstić information content (AvgIpc) is 3.09. The summed E-state index contributed by atoms with van der Waals surface area (Å²) < 4.78 is 5.19. The highest BCUT2D eigenvalue weighted by molar-refractivity contribution is 5.92. The Morgan fingerprint density at radius 2 is 2.04 bits per heavy atom. The maximum atomic E-state index is 12.2. The molecule has 1 amide bonds. The largest absolute Gasteiger partial charge is 0.467 e. The minimum Gasteiger partial charge on any atom is -0.467 e. The monoisotopic (exact) mass is 322 g/mol. The topological polar surface area (TPSA) is 80.0 Å². The molecule has 0 spiro atoms. The van der Waals surface area contributed by atoms with Gasteiger partial charge in [0.1, 0.15) is 23.6 Å². The molecule has 2 N–H and O–H groups in total. The summed E-state index contributed by atoms with van der Waals surface area (Å²) in [5, 5.41) is 5.98. The highest BCUT2D eigenvalue weighted by Gasteiger charge is 2.10. The first-order valence-electron chi connectivity index (χ1n) is 7.59. The van der Waals surface area contributed by atoms with Crippen molar-refractivity contribution in [3.63, 3.8) is 0 Å². The fraction of sp³-hybridized carbons (Fsp3) is 0.167. The van der Waals surface area contributed by atoms with Crippen LogP contribution in [0.25, 0.3) is 0 Å². The first kappa shape index (κ1) is 15.7. The fourth-order valence-corrected chi connectivity index (χ4v) is 2.31. The van der Waals surface area contributed by atoms with Gasteiger partial charge in [0, 0.05) is 11.8 Å². The van der Waals surface area contributed by atoms with Crippen LogP contribution in [0.3, 0.4) is 0 Å². The molecule has 0 atom stereocenters. The molecule has 6 nitrogen and oxygen atoms in total. The van der Waals surface area contributed by atoms with Crippen molar-refractivity contribution in [2.45, 2.75) is 20.4 Å². The summed E-state index contributed by atoms with van der Waals surface area (Å²) in [4.78, 5) is 20.4. The molecule has 0 radical (unpaired) electrons. The van der Waals surface area contributed by atoms with E-state index in [1.807, 2.05) is 26.0 Å². The number of anilines is 2. The standard InChI is InChI=1S/C18H18N4O2/c1-12-5-6-15(13(2)8-12)22-17-9-16(20-11-21-17)18(23)19-10-14-4-3-7-24-14/h3-9,11H,10H2,1-2H3,(H,19,23)(H,20,21,22). The number of hydrogen-bond donors (Lipinski definition) is 2. The first-order chi connectivity index (χ1) is 11.6. The Balaban J connectivity index is 1.70. The number of aryl methyl sites for hydroxylation is 2. The Morgan fingerprint density at radius 1 is 1.17 bits per heavy atom. The highest BCUT2D eigenvalue weighted by atomic mass is 16.3. The molecule has 0 unspecified atom stereocenters. The molecule has 0 bridgehead atoms. The van der Waals surface area contributed by atoms with Crippen molar-refractivity contribution < 1.29 is 9.21 Å².